The maximum absolute atomic E-state index is 13.9. The van der Waals surface area contributed by atoms with Crippen LogP contribution in [-0.2, 0) is 13.0 Å². The van der Waals surface area contributed by atoms with Gasteiger partial charge in [-0.05, 0) is 37.3 Å². The zero-order valence-electron chi connectivity index (χ0n) is 11.8. The summed E-state index contributed by atoms with van der Waals surface area (Å²) in [6.45, 7) is 4.80. The Labute approximate surface area is 117 Å². The lowest BCUT2D eigenvalue weighted by atomic mass is 9.99. The average Bonchev–Trinajstić information content (AvgIpc) is 3.16. The molecular formula is C16H19F2NO. The van der Waals surface area contributed by atoms with E-state index in [-0.39, 0.29) is 5.58 Å². The fourth-order valence-corrected chi connectivity index (χ4v) is 2.50. The average molecular weight is 279 g/mol. The van der Waals surface area contributed by atoms with Gasteiger partial charge in [0.05, 0.1) is 6.54 Å². The van der Waals surface area contributed by atoms with Gasteiger partial charge in [-0.1, -0.05) is 13.8 Å². The molecule has 1 aromatic carbocycles. The van der Waals surface area contributed by atoms with Gasteiger partial charge in [0.15, 0.2) is 11.4 Å². The van der Waals surface area contributed by atoms with Crippen LogP contribution >= 0.6 is 0 Å². The molecule has 0 atom stereocenters. The van der Waals surface area contributed by atoms with Crippen molar-refractivity contribution in [3.8, 4) is 0 Å². The number of benzene rings is 1. The fraction of sp³-hybridized carbons (Fsp3) is 0.500. The smallest absolute Gasteiger partial charge is 0.201 e. The van der Waals surface area contributed by atoms with E-state index >= 15 is 0 Å². The zero-order chi connectivity index (χ0) is 14.3. The minimum Gasteiger partial charge on any atom is -0.456 e. The Balaban J connectivity index is 2.02. The Bertz CT molecular complexity index is 629. The van der Waals surface area contributed by atoms with Gasteiger partial charge in [0.2, 0.25) is 5.82 Å². The van der Waals surface area contributed by atoms with Gasteiger partial charge in [-0.15, -0.1) is 0 Å². The first-order valence-corrected chi connectivity index (χ1v) is 7.18. The van der Waals surface area contributed by atoms with Crippen molar-refractivity contribution in [2.24, 2.45) is 5.92 Å². The van der Waals surface area contributed by atoms with Crippen LogP contribution in [0, 0.1) is 17.6 Å². The molecule has 1 aromatic heterocycles. The highest BCUT2D eigenvalue weighted by molar-refractivity contribution is 5.83. The van der Waals surface area contributed by atoms with Crippen LogP contribution < -0.4 is 5.32 Å². The van der Waals surface area contributed by atoms with Crippen molar-refractivity contribution in [1.82, 2.24) is 5.32 Å². The molecule has 1 fully saturated rings. The molecule has 1 N–H and O–H groups in total. The van der Waals surface area contributed by atoms with E-state index in [0.29, 0.717) is 23.9 Å². The second-order valence-electron chi connectivity index (χ2n) is 5.99. The van der Waals surface area contributed by atoms with Gasteiger partial charge < -0.3 is 9.73 Å². The molecule has 1 saturated carbocycles. The first-order chi connectivity index (χ1) is 9.56. The second-order valence-corrected chi connectivity index (χ2v) is 5.99. The van der Waals surface area contributed by atoms with Crippen molar-refractivity contribution in [2.75, 3.05) is 0 Å². The Morgan fingerprint density at radius 2 is 2.05 bits per heavy atom. The van der Waals surface area contributed by atoms with Gasteiger partial charge >= 0.3 is 0 Å². The van der Waals surface area contributed by atoms with Crippen LogP contribution in [0.1, 0.15) is 38.0 Å². The van der Waals surface area contributed by atoms with Gasteiger partial charge in [-0.3, -0.25) is 0 Å². The van der Waals surface area contributed by atoms with Crippen LogP contribution in [0.15, 0.2) is 16.5 Å². The molecule has 0 unspecified atom stereocenters. The van der Waals surface area contributed by atoms with Crippen molar-refractivity contribution in [1.29, 1.82) is 0 Å². The third-order valence-corrected chi connectivity index (χ3v) is 3.68. The Kier molecular flexibility index (Phi) is 3.50. The summed E-state index contributed by atoms with van der Waals surface area (Å²) in [6, 6.07) is 3.35. The summed E-state index contributed by atoms with van der Waals surface area (Å²) >= 11 is 0. The molecule has 1 aliphatic rings. The summed E-state index contributed by atoms with van der Waals surface area (Å²) in [7, 11) is 0. The molecule has 2 nitrogen and oxygen atoms in total. The highest BCUT2D eigenvalue weighted by Gasteiger charge is 2.24. The van der Waals surface area contributed by atoms with Crippen molar-refractivity contribution in [3.05, 3.63) is 35.1 Å². The molecular weight excluding hydrogens is 260 g/mol. The Morgan fingerprint density at radius 3 is 2.70 bits per heavy atom. The normalized spacial score (nSPS) is 15.4. The summed E-state index contributed by atoms with van der Waals surface area (Å²) in [5.74, 6) is -0.567. The minimum atomic E-state index is -0.884. The highest BCUT2D eigenvalue weighted by atomic mass is 19.2. The summed E-state index contributed by atoms with van der Waals surface area (Å²) < 4.78 is 32.8. The molecule has 1 aliphatic carbocycles. The van der Waals surface area contributed by atoms with Gasteiger partial charge in [-0.25, -0.2) is 4.39 Å². The first kappa shape index (κ1) is 13.6. The lowest BCUT2D eigenvalue weighted by Gasteiger charge is -2.06. The van der Waals surface area contributed by atoms with Crippen molar-refractivity contribution >= 4 is 11.0 Å². The predicted molar refractivity (Wildman–Crippen MR) is 74.5 cm³/mol. The monoisotopic (exact) mass is 279 g/mol. The van der Waals surface area contributed by atoms with E-state index in [2.05, 4.69) is 19.2 Å². The third kappa shape index (κ3) is 2.57. The highest BCUT2D eigenvalue weighted by Crippen LogP contribution is 2.31. The number of halogens is 2. The standard InChI is InChI=1S/C16H19F2NO/c1-9(2)7-12-11-5-6-13(17)15(18)16(11)20-14(12)8-19-10-3-4-10/h5-6,9-10,19H,3-4,7-8H2,1-2H3. The van der Waals surface area contributed by atoms with Crippen LogP contribution in [0.2, 0.25) is 0 Å². The topological polar surface area (TPSA) is 25.2 Å². The zero-order valence-corrected chi connectivity index (χ0v) is 11.8. The number of rotatable bonds is 5. The van der Waals surface area contributed by atoms with Crippen molar-refractivity contribution < 1.29 is 13.2 Å². The lowest BCUT2D eigenvalue weighted by molar-refractivity contribution is 0.464. The van der Waals surface area contributed by atoms with E-state index in [1.807, 2.05) is 0 Å². The third-order valence-electron chi connectivity index (χ3n) is 3.68. The molecule has 1 heterocycles. The molecule has 4 heteroatoms. The van der Waals surface area contributed by atoms with Gasteiger partial charge in [0, 0.05) is 17.0 Å². The van der Waals surface area contributed by atoms with Crippen LogP contribution in [0.4, 0.5) is 8.78 Å². The predicted octanol–water partition coefficient (Wildman–Crippen LogP) is 4.16. The van der Waals surface area contributed by atoms with Gasteiger partial charge in [0.1, 0.15) is 5.76 Å². The van der Waals surface area contributed by atoms with Crippen molar-refractivity contribution in [3.63, 3.8) is 0 Å². The molecule has 0 spiro atoms. The second kappa shape index (κ2) is 5.17. The molecule has 0 aliphatic heterocycles. The summed E-state index contributed by atoms with van der Waals surface area (Å²) in [5, 5.41) is 4.07. The summed E-state index contributed by atoms with van der Waals surface area (Å²) in [4.78, 5) is 0. The fourth-order valence-electron chi connectivity index (χ4n) is 2.50. The van der Waals surface area contributed by atoms with Gasteiger partial charge in [-0.2, -0.15) is 4.39 Å². The minimum absolute atomic E-state index is 0.0493. The maximum Gasteiger partial charge on any atom is 0.201 e. The van der Waals surface area contributed by atoms with Gasteiger partial charge in [0.25, 0.3) is 0 Å². The molecule has 108 valence electrons. The number of hydrogen-bond donors (Lipinski definition) is 1. The quantitative estimate of drug-likeness (QED) is 0.889. The number of hydrogen-bond acceptors (Lipinski definition) is 2. The van der Waals surface area contributed by atoms with E-state index in [1.165, 1.54) is 18.9 Å². The molecule has 0 bridgehead atoms. The number of furan rings is 1. The first-order valence-electron chi connectivity index (χ1n) is 7.18. The molecule has 2 aromatic rings. The van der Waals surface area contributed by atoms with Crippen LogP contribution in [-0.4, -0.2) is 6.04 Å². The Morgan fingerprint density at radius 1 is 1.30 bits per heavy atom. The molecule has 20 heavy (non-hydrogen) atoms. The summed E-state index contributed by atoms with van der Waals surface area (Å²) in [5.41, 5.74) is 1.05. The summed E-state index contributed by atoms with van der Waals surface area (Å²) in [6.07, 6.45) is 3.17. The molecule has 3 rings (SSSR count). The van der Waals surface area contributed by atoms with E-state index in [1.54, 1.807) is 6.07 Å². The van der Waals surface area contributed by atoms with Crippen LogP contribution in [0.3, 0.4) is 0 Å². The van der Waals surface area contributed by atoms with E-state index in [9.17, 15) is 8.78 Å². The number of fused-ring (bicyclic) bond motifs is 1. The molecule has 0 amide bonds. The molecule has 0 radical (unpaired) electrons. The molecule has 0 saturated heterocycles. The Hall–Kier alpha value is -1.42. The largest absolute Gasteiger partial charge is 0.456 e. The van der Waals surface area contributed by atoms with Crippen LogP contribution in [0.25, 0.3) is 11.0 Å². The SMILES string of the molecule is CC(C)Cc1c(CNC2CC2)oc2c(F)c(F)ccc12. The van der Waals surface area contributed by atoms with Crippen LogP contribution in [0.5, 0.6) is 0 Å². The van der Waals surface area contributed by atoms with E-state index in [0.717, 1.165) is 17.7 Å². The van der Waals surface area contributed by atoms with E-state index in [4.69, 9.17) is 4.42 Å². The maximum atomic E-state index is 13.9. The van der Waals surface area contributed by atoms with E-state index < -0.39 is 11.6 Å². The lowest BCUT2D eigenvalue weighted by Crippen LogP contribution is -2.16. The number of nitrogens with one attached hydrogen (secondary N) is 1. The van der Waals surface area contributed by atoms with Crippen molar-refractivity contribution in [2.45, 2.75) is 45.7 Å².